The van der Waals surface area contributed by atoms with Crippen molar-refractivity contribution in [3.8, 4) is 17.2 Å². The van der Waals surface area contributed by atoms with Gasteiger partial charge in [-0.05, 0) is 48.2 Å². The molecule has 0 unspecified atom stereocenters. The number of carbonyl (C=O) groups excluding carboxylic acids is 1. The molecule has 6 nitrogen and oxygen atoms in total. The first-order chi connectivity index (χ1) is 14.5. The second-order valence-electron chi connectivity index (χ2n) is 7.70. The molecule has 1 aliphatic rings. The number of thiazole rings is 1. The minimum Gasteiger partial charge on any atom is -0.339 e. The fraction of sp³-hybridized carbons (Fsp3) is 0.348. The fourth-order valence-corrected chi connectivity index (χ4v) is 4.71. The molecular weight excluding hydrogens is 396 g/mol. The van der Waals surface area contributed by atoms with E-state index in [1.54, 1.807) is 11.6 Å². The van der Waals surface area contributed by atoms with Crippen LogP contribution in [0.5, 0.6) is 0 Å². The zero-order valence-corrected chi connectivity index (χ0v) is 17.7. The highest BCUT2D eigenvalue weighted by atomic mass is 32.1. The molecule has 0 spiro atoms. The van der Waals surface area contributed by atoms with Crippen molar-refractivity contribution in [1.82, 2.24) is 15.2 Å². The second-order valence-corrected chi connectivity index (χ2v) is 8.70. The third kappa shape index (κ3) is 4.30. The summed E-state index contributed by atoms with van der Waals surface area (Å²) >= 11 is 1.25. The van der Waals surface area contributed by atoms with E-state index in [-0.39, 0.29) is 16.8 Å². The number of carbonyl (C=O) groups is 1. The Kier molecular flexibility index (Phi) is 5.98. The Balaban J connectivity index is 1.45. The summed E-state index contributed by atoms with van der Waals surface area (Å²) in [4.78, 5) is 24.3. The molecule has 0 saturated carbocycles. The molecule has 30 heavy (non-hydrogen) atoms. The molecule has 7 heteroatoms. The van der Waals surface area contributed by atoms with Gasteiger partial charge in [0.2, 0.25) is 5.91 Å². The number of rotatable bonds is 5. The lowest BCUT2D eigenvalue weighted by Crippen LogP contribution is -2.49. The van der Waals surface area contributed by atoms with E-state index in [1.807, 2.05) is 42.5 Å². The van der Waals surface area contributed by atoms with E-state index in [9.17, 15) is 14.9 Å². The number of fused-ring (bicyclic) bond motifs is 1. The molecular formula is C23H24N4O2S. The van der Waals surface area contributed by atoms with E-state index in [0.29, 0.717) is 6.42 Å². The number of aryl methyl sites for hydroxylation is 1. The van der Waals surface area contributed by atoms with Gasteiger partial charge in [0.05, 0.1) is 22.3 Å². The van der Waals surface area contributed by atoms with Crippen LogP contribution >= 0.6 is 11.3 Å². The molecule has 1 saturated heterocycles. The minimum atomic E-state index is -0.552. The van der Waals surface area contributed by atoms with Crippen LogP contribution in [0.3, 0.4) is 0 Å². The molecule has 1 aromatic heterocycles. The van der Waals surface area contributed by atoms with Gasteiger partial charge >= 0.3 is 4.87 Å². The molecule has 0 aliphatic carbocycles. The van der Waals surface area contributed by atoms with Crippen LogP contribution in [-0.4, -0.2) is 29.1 Å². The lowest BCUT2D eigenvalue weighted by atomic mass is 10.00. The average Bonchev–Trinajstić information content (AvgIpc) is 3.07. The number of amides is 1. The second kappa shape index (κ2) is 8.82. The van der Waals surface area contributed by atoms with Crippen molar-refractivity contribution in [3.63, 3.8) is 0 Å². The van der Waals surface area contributed by atoms with Crippen LogP contribution in [-0.2, 0) is 18.3 Å². The number of nitrogens with zero attached hydrogens (tertiary/aromatic N) is 2. The van der Waals surface area contributed by atoms with Crippen LogP contribution in [0, 0.1) is 11.3 Å². The van der Waals surface area contributed by atoms with Gasteiger partial charge in [-0.15, -0.1) is 0 Å². The maximum Gasteiger partial charge on any atom is 0.307 e. The van der Waals surface area contributed by atoms with Crippen molar-refractivity contribution in [2.24, 2.45) is 7.05 Å². The summed E-state index contributed by atoms with van der Waals surface area (Å²) in [6.07, 6.45) is 3.41. The third-order valence-corrected chi connectivity index (χ3v) is 6.63. The van der Waals surface area contributed by atoms with Gasteiger partial charge in [-0.2, -0.15) is 5.26 Å². The van der Waals surface area contributed by atoms with Crippen LogP contribution in [0.15, 0.2) is 47.3 Å². The molecule has 3 aromatic rings. The Morgan fingerprint density at radius 2 is 2.03 bits per heavy atom. The zero-order chi connectivity index (χ0) is 21.1. The van der Waals surface area contributed by atoms with Crippen molar-refractivity contribution < 1.29 is 4.79 Å². The standard InChI is InChI=1S/C23H24N4O2S/c1-27-20-13-17(9-10-21(20)30-23(27)29)16-7-5-15(6-8-16)12-18(14-24)26-22(28)19-4-2-3-11-25-19/h5-10,13,18-19,25H,2-4,11-12H2,1H3,(H,26,28)/t18-,19-/m0/s1. The van der Waals surface area contributed by atoms with E-state index in [2.05, 4.69) is 16.7 Å². The van der Waals surface area contributed by atoms with E-state index >= 15 is 0 Å². The fourth-order valence-electron chi connectivity index (χ4n) is 3.85. The van der Waals surface area contributed by atoms with Gasteiger partial charge in [0, 0.05) is 13.5 Å². The number of nitriles is 1. The number of hydrogen-bond donors (Lipinski definition) is 2. The maximum absolute atomic E-state index is 12.4. The summed E-state index contributed by atoms with van der Waals surface area (Å²) < 4.78 is 2.64. The smallest absolute Gasteiger partial charge is 0.307 e. The first-order valence-electron chi connectivity index (χ1n) is 10.2. The molecule has 1 aliphatic heterocycles. The lowest BCUT2D eigenvalue weighted by Gasteiger charge is -2.23. The summed E-state index contributed by atoms with van der Waals surface area (Å²) in [5, 5.41) is 15.6. The van der Waals surface area contributed by atoms with E-state index in [1.165, 1.54) is 11.3 Å². The summed E-state index contributed by atoms with van der Waals surface area (Å²) in [5.74, 6) is -0.0902. The van der Waals surface area contributed by atoms with Gasteiger partial charge in [0.1, 0.15) is 6.04 Å². The number of piperidine rings is 1. The maximum atomic E-state index is 12.4. The monoisotopic (exact) mass is 420 g/mol. The van der Waals surface area contributed by atoms with E-state index in [0.717, 1.165) is 52.7 Å². The van der Waals surface area contributed by atoms with Crippen molar-refractivity contribution in [3.05, 3.63) is 57.7 Å². The molecule has 2 aromatic carbocycles. The van der Waals surface area contributed by atoms with Gasteiger partial charge in [0.15, 0.2) is 0 Å². The van der Waals surface area contributed by atoms with Crippen molar-refractivity contribution in [2.75, 3.05) is 6.54 Å². The van der Waals surface area contributed by atoms with E-state index < -0.39 is 6.04 Å². The molecule has 1 fully saturated rings. The molecule has 4 rings (SSSR count). The average molecular weight is 421 g/mol. The van der Waals surface area contributed by atoms with Gasteiger partial charge < -0.3 is 15.2 Å². The quantitative estimate of drug-likeness (QED) is 0.664. The predicted molar refractivity (Wildman–Crippen MR) is 119 cm³/mol. The van der Waals surface area contributed by atoms with Crippen LogP contribution in [0.4, 0.5) is 0 Å². The SMILES string of the molecule is Cn1c(=O)sc2ccc(-c3ccc(C[C@@H](C#N)NC(=O)[C@@H]4CCCCN4)cc3)cc21. The highest BCUT2D eigenvalue weighted by Gasteiger charge is 2.23. The normalized spacial score (nSPS) is 17.4. The highest BCUT2D eigenvalue weighted by Crippen LogP contribution is 2.26. The number of hydrogen-bond acceptors (Lipinski definition) is 5. The molecule has 2 N–H and O–H groups in total. The minimum absolute atomic E-state index is 0.0329. The summed E-state index contributed by atoms with van der Waals surface area (Å²) in [6.45, 7) is 0.849. The Labute approximate surface area is 179 Å². The number of aromatic nitrogens is 1. The largest absolute Gasteiger partial charge is 0.339 e. The molecule has 0 radical (unpaired) electrons. The number of benzene rings is 2. The van der Waals surface area contributed by atoms with Crippen LogP contribution < -0.4 is 15.5 Å². The summed E-state index contributed by atoms with van der Waals surface area (Å²) in [6, 6.07) is 15.5. The molecule has 154 valence electrons. The van der Waals surface area contributed by atoms with Crippen LogP contribution in [0.1, 0.15) is 24.8 Å². The molecule has 2 atom stereocenters. The zero-order valence-electron chi connectivity index (χ0n) is 16.9. The molecule has 1 amide bonds. The highest BCUT2D eigenvalue weighted by molar-refractivity contribution is 7.16. The van der Waals surface area contributed by atoms with Crippen molar-refractivity contribution in [2.45, 2.75) is 37.8 Å². The Hall–Kier alpha value is -2.95. The first kappa shape index (κ1) is 20.3. The van der Waals surface area contributed by atoms with Crippen LogP contribution in [0.25, 0.3) is 21.3 Å². The first-order valence-corrected chi connectivity index (χ1v) is 11.0. The molecule has 0 bridgehead atoms. The van der Waals surface area contributed by atoms with Crippen molar-refractivity contribution in [1.29, 1.82) is 5.26 Å². The van der Waals surface area contributed by atoms with Gasteiger partial charge in [0.25, 0.3) is 0 Å². The van der Waals surface area contributed by atoms with Gasteiger partial charge in [-0.3, -0.25) is 9.59 Å². The Morgan fingerprint density at radius 3 is 2.73 bits per heavy atom. The topological polar surface area (TPSA) is 86.9 Å². The van der Waals surface area contributed by atoms with Crippen LogP contribution in [0.2, 0.25) is 0 Å². The third-order valence-electron chi connectivity index (χ3n) is 5.62. The Bertz CT molecular complexity index is 1150. The summed E-state index contributed by atoms with van der Waals surface area (Å²) in [7, 11) is 1.78. The predicted octanol–water partition coefficient (Wildman–Crippen LogP) is 2.96. The summed E-state index contributed by atoms with van der Waals surface area (Å²) in [5.41, 5.74) is 4.00. The lowest BCUT2D eigenvalue weighted by molar-refractivity contribution is -0.124. The van der Waals surface area contributed by atoms with Crippen molar-refractivity contribution >= 4 is 27.5 Å². The van der Waals surface area contributed by atoms with Gasteiger partial charge in [-0.25, -0.2) is 0 Å². The van der Waals surface area contributed by atoms with Gasteiger partial charge in [-0.1, -0.05) is 48.1 Å². The molecule has 2 heterocycles. The van der Waals surface area contributed by atoms with E-state index in [4.69, 9.17) is 0 Å². The Morgan fingerprint density at radius 1 is 1.27 bits per heavy atom. The number of nitrogens with one attached hydrogen (secondary N) is 2.